The minimum Gasteiger partial charge on any atom is -0.464 e. The lowest BCUT2D eigenvalue weighted by molar-refractivity contribution is -0.0635. The number of hydrogen-bond acceptors (Lipinski definition) is 7. The van der Waals surface area contributed by atoms with Crippen LogP contribution in [0.15, 0.2) is 41.3 Å². The number of fused-ring (bicyclic) bond motifs is 1. The average Bonchev–Trinajstić information content (AvgIpc) is 3.32. The first-order valence-corrected chi connectivity index (χ1v) is 10.9. The van der Waals surface area contributed by atoms with Crippen molar-refractivity contribution in [2.24, 2.45) is 0 Å². The van der Waals surface area contributed by atoms with Gasteiger partial charge in [-0.3, -0.25) is 0 Å². The number of furan rings is 1. The molecule has 7 nitrogen and oxygen atoms in total. The molecule has 0 radical (unpaired) electrons. The molecule has 3 heterocycles. The van der Waals surface area contributed by atoms with E-state index in [0.717, 1.165) is 17.0 Å². The third-order valence-electron chi connectivity index (χ3n) is 5.86. The lowest BCUT2D eigenvalue weighted by atomic mass is 9.97. The number of benzene rings is 1. The number of aliphatic hydroxyl groups excluding tert-OH is 3. The maximum absolute atomic E-state index is 13.6. The van der Waals surface area contributed by atoms with E-state index in [1.807, 2.05) is 32.9 Å². The zero-order valence-corrected chi connectivity index (χ0v) is 19.4. The number of aliphatic hydroxyl groups is 3. The van der Waals surface area contributed by atoms with E-state index in [-0.39, 0.29) is 0 Å². The van der Waals surface area contributed by atoms with Crippen LogP contribution in [0.2, 0.25) is 0 Å². The van der Waals surface area contributed by atoms with Crippen LogP contribution in [0.5, 0.6) is 0 Å². The van der Waals surface area contributed by atoms with Crippen LogP contribution in [-0.2, 0) is 4.74 Å². The van der Waals surface area contributed by atoms with Gasteiger partial charge in [0.05, 0.1) is 12.4 Å². The first-order chi connectivity index (χ1) is 15.6. The molecule has 2 aromatic heterocycles. The summed E-state index contributed by atoms with van der Waals surface area (Å²) in [5, 5.41) is 30.7. The number of ether oxygens (including phenoxy) is 1. The minimum absolute atomic E-state index is 0.408. The fraction of sp³-hybridized carbons (Fsp3) is 0.440. The van der Waals surface area contributed by atoms with Crippen LogP contribution in [0.25, 0.3) is 17.0 Å². The van der Waals surface area contributed by atoms with E-state index in [9.17, 15) is 19.7 Å². The normalized spacial score (nSPS) is 24.6. The van der Waals surface area contributed by atoms with E-state index in [0.29, 0.717) is 22.1 Å². The highest BCUT2D eigenvalue weighted by atomic mass is 19.1. The van der Waals surface area contributed by atoms with E-state index in [1.54, 1.807) is 31.5 Å². The van der Waals surface area contributed by atoms with Crippen LogP contribution >= 0.6 is 0 Å². The zero-order valence-electron chi connectivity index (χ0n) is 19.4. The molecule has 6 atom stereocenters. The van der Waals surface area contributed by atoms with Gasteiger partial charge in [0, 0.05) is 27.9 Å². The molecule has 0 aliphatic carbocycles. The standard InChI is InChI=1S/C16H19FO5.C9H12N2/c1-7(17)11-6-21-12-4-3-9(5-10(11)12)14(19)16-15(20)13(18)8(2)22-16;1-4-5-9-7(2)10-6-11-8(9)3/h3-8,13-16,18-20H,1-2H3;4-6H,1-3H3/b;5-4-. The number of aromatic nitrogens is 2. The highest BCUT2D eigenvalue weighted by Gasteiger charge is 2.44. The summed E-state index contributed by atoms with van der Waals surface area (Å²) >= 11 is 0. The van der Waals surface area contributed by atoms with Gasteiger partial charge in [-0.15, -0.1) is 0 Å². The second kappa shape index (κ2) is 10.5. The molecule has 3 aromatic rings. The first-order valence-electron chi connectivity index (χ1n) is 10.9. The molecule has 1 aliphatic heterocycles. The van der Waals surface area contributed by atoms with Gasteiger partial charge in [-0.25, -0.2) is 14.4 Å². The van der Waals surface area contributed by atoms with Crippen molar-refractivity contribution in [3.05, 3.63) is 64.9 Å². The van der Waals surface area contributed by atoms with Gasteiger partial charge in [-0.1, -0.05) is 18.2 Å². The molecule has 1 saturated heterocycles. The Morgan fingerprint density at radius 1 is 1.12 bits per heavy atom. The predicted octanol–water partition coefficient (Wildman–Crippen LogP) is 4.13. The van der Waals surface area contributed by atoms with Crippen molar-refractivity contribution >= 4 is 17.0 Å². The molecule has 1 aliphatic rings. The van der Waals surface area contributed by atoms with Gasteiger partial charge < -0.3 is 24.5 Å². The first kappa shape index (κ1) is 25.0. The van der Waals surface area contributed by atoms with Crippen molar-refractivity contribution in [2.75, 3.05) is 0 Å². The summed E-state index contributed by atoms with van der Waals surface area (Å²) in [6, 6.07) is 4.90. The number of halogens is 1. The Labute approximate surface area is 192 Å². The number of nitrogens with zero attached hydrogens (tertiary/aromatic N) is 2. The van der Waals surface area contributed by atoms with E-state index >= 15 is 0 Å². The minimum atomic E-state index is -1.19. The topological polar surface area (TPSA) is 109 Å². The second-order valence-corrected chi connectivity index (χ2v) is 8.25. The van der Waals surface area contributed by atoms with Gasteiger partial charge in [0.2, 0.25) is 0 Å². The summed E-state index contributed by atoms with van der Waals surface area (Å²) in [6.07, 6.45) is 0.956. The fourth-order valence-electron chi connectivity index (χ4n) is 3.90. The van der Waals surface area contributed by atoms with Gasteiger partial charge in [0.15, 0.2) is 0 Å². The summed E-state index contributed by atoms with van der Waals surface area (Å²) in [5.74, 6) is 0. The van der Waals surface area contributed by atoms with Crippen molar-refractivity contribution in [1.29, 1.82) is 0 Å². The third-order valence-corrected chi connectivity index (χ3v) is 5.86. The lowest BCUT2D eigenvalue weighted by Gasteiger charge is -2.21. The molecule has 0 bridgehead atoms. The van der Waals surface area contributed by atoms with Crippen LogP contribution in [0, 0.1) is 13.8 Å². The molecule has 3 N–H and O–H groups in total. The lowest BCUT2D eigenvalue weighted by Crippen LogP contribution is -2.34. The number of hydrogen-bond donors (Lipinski definition) is 3. The van der Waals surface area contributed by atoms with Crippen molar-refractivity contribution in [1.82, 2.24) is 9.97 Å². The predicted molar refractivity (Wildman–Crippen MR) is 123 cm³/mol. The molecule has 1 aromatic carbocycles. The van der Waals surface area contributed by atoms with E-state index < -0.39 is 36.7 Å². The number of aryl methyl sites for hydroxylation is 2. The van der Waals surface area contributed by atoms with Crippen molar-refractivity contribution in [3.63, 3.8) is 0 Å². The molecule has 0 amide bonds. The highest BCUT2D eigenvalue weighted by molar-refractivity contribution is 5.82. The smallest absolute Gasteiger partial charge is 0.134 e. The summed E-state index contributed by atoms with van der Waals surface area (Å²) in [7, 11) is 0. The van der Waals surface area contributed by atoms with E-state index in [4.69, 9.17) is 9.15 Å². The quantitative estimate of drug-likeness (QED) is 0.539. The maximum atomic E-state index is 13.6. The zero-order chi connectivity index (χ0) is 24.3. The Kier molecular flexibility index (Phi) is 7.97. The van der Waals surface area contributed by atoms with Crippen LogP contribution in [0.1, 0.15) is 61.1 Å². The van der Waals surface area contributed by atoms with Gasteiger partial charge >= 0.3 is 0 Å². The number of allylic oxidation sites excluding steroid dienone is 1. The fourth-order valence-corrected chi connectivity index (χ4v) is 3.90. The summed E-state index contributed by atoms with van der Waals surface area (Å²) in [4.78, 5) is 8.19. The second-order valence-electron chi connectivity index (χ2n) is 8.25. The van der Waals surface area contributed by atoms with Gasteiger partial charge in [-0.05, 0) is 52.3 Å². The van der Waals surface area contributed by atoms with Crippen LogP contribution < -0.4 is 0 Å². The van der Waals surface area contributed by atoms with Crippen molar-refractivity contribution < 1.29 is 28.9 Å². The van der Waals surface area contributed by atoms with Crippen LogP contribution in [0.3, 0.4) is 0 Å². The Bertz CT molecular complexity index is 1090. The molecule has 0 spiro atoms. The monoisotopic (exact) mass is 458 g/mol. The molecule has 178 valence electrons. The Morgan fingerprint density at radius 3 is 2.33 bits per heavy atom. The molecular formula is C25H31FN2O5. The Hall–Kier alpha value is -2.65. The number of rotatable bonds is 4. The molecule has 4 rings (SSSR count). The largest absolute Gasteiger partial charge is 0.464 e. The van der Waals surface area contributed by atoms with Crippen molar-refractivity contribution in [3.8, 4) is 0 Å². The molecule has 0 saturated carbocycles. The average molecular weight is 459 g/mol. The molecule has 8 heteroatoms. The third kappa shape index (κ3) is 5.30. The Balaban J connectivity index is 0.000000235. The molecule has 33 heavy (non-hydrogen) atoms. The number of alkyl halides is 1. The van der Waals surface area contributed by atoms with Gasteiger partial charge in [0.25, 0.3) is 0 Å². The van der Waals surface area contributed by atoms with Gasteiger partial charge in [0.1, 0.15) is 42.5 Å². The van der Waals surface area contributed by atoms with Crippen LogP contribution in [0.4, 0.5) is 4.39 Å². The Morgan fingerprint density at radius 2 is 1.79 bits per heavy atom. The van der Waals surface area contributed by atoms with E-state index in [2.05, 4.69) is 9.97 Å². The van der Waals surface area contributed by atoms with Crippen molar-refractivity contribution in [2.45, 2.75) is 71.3 Å². The SMILES string of the molecule is C/C=C\c1c(C)ncnc1C.CC(F)c1coc2ccc(C(O)C3OC(C)C(O)C3O)cc12. The van der Waals surface area contributed by atoms with Gasteiger partial charge in [-0.2, -0.15) is 0 Å². The molecule has 6 unspecified atom stereocenters. The highest BCUT2D eigenvalue weighted by Crippen LogP contribution is 2.34. The maximum Gasteiger partial charge on any atom is 0.134 e. The summed E-state index contributed by atoms with van der Waals surface area (Å²) < 4.78 is 24.3. The summed E-state index contributed by atoms with van der Waals surface area (Å²) in [5.41, 5.74) is 4.62. The molecular weight excluding hydrogens is 427 g/mol. The summed E-state index contributed by atoms with van der Waals surface area (Å²) in [6.45, 7) is 9.01. The van der Waals surface area contributed by atoms with Crippen LogP contribution in [-0.4, -0.2) is 49.7 Å². The van der Waals surface area contributed by atoms with E-state index in [1.165, 1.54) is 13.2 Å². The molecule has 1 fully saturated rings.